The van der Waals surface area contributed by atoms with E-state index in [4.69, 9.17) is 0 Å². The van der Waals surface area contributed by atoms with Gasteiger partial charge >= 0.3 is 0 Å². The first-order valence-corrected chi connectivity index (χ1v) is 3.96. The number of hydrogen-bond acceptors (Lipinski definition) is 2. The Labute approximate surface area is 72.4 Å². The third-order valence-corrected chi connectivity index (χ3v) is 1.75. The van der Waals surface area contributed by atoms with Crippen molar-refractivity contribution in [1.29, 1.82) is 0 Å². The number of hydrogen-bond donors (Lipinski definition) is 0. The van der Waals surface area contributed by atoms with E-state index in [2.05, 4.69) is 25.8 Å². The molecule has 0 aromatic carbocycles. The standard InChI is InChI=1S/C9H14N2O/c1-7(12)11-6-10-5-8(11)9(2,3)4/h5-6H,1-4H3. The fourth-order valence-electron chi connectivity index (χ4n) is 1.10. The summed E-state index contributed by atoms with van der Waals surface area (Å²) in [5, 5.41) is 0. The van der Waals surface area contributed by atoms with Crippen LogP contribution in [0, 0.1) is 0 Å². The Balaban J connectivity index is 3.17. The molecule has 3 heteroatoms. The van der Waals surface area contributed by atoms with Gasteiger partial charge in [0.25, 0.3) is 0 Å². The van der Waals surface area contributed by atoms with E-state index in [1.807, 2.05) is 0 Å². The Kier molecular flexibility index (Phi) is 2.04. The van der Waals surface area contributed by atoms with Crippen LogP contribution in [0.4, 0.5) is 0 Å². The van der Waals surface area contributed by atoms with Crippen LogP contribution in [0.25, 0.3) is 0 Å². The lowest BCUT2D eigenvalue weighted by Crippen LogP contribution is -2.20. The van der Waals surface area contributed by atoms with Crippen LogP contribution in [0.5, 0.6) is 0 Å². The van der Waals surface area contributed by atoms with Gasteiger partial charge in [-0.05, 0) is 0 Å². The summed E-state index contributed by atoms with van der Waals surface area (Å²) in [5.74, 6) is 0.0115. The number of nitrogens with zero attached hydrogens (tertiary/aromatic N) is 2. The van der Waals surface area contributed by atoms with Crippen LogP contribution < -0.4 is 0 Å². The largest absolute Gasteiger partial charge is 0.274 e. The van der Waals surface area contributed by atoms with Gasteiger partial charge in [-0.15, -0.1) is 0 Å². The second-order valence-electron chi connectivity index (χ2n) is 3.92. The highest BCUT2D eigenvalue weighted by Gasteiger charge is 2.19. The third-order valence-electron chi connectivity index (χ3n) is 1.75. The molecule has 0 N–H and O–H groups in total. The van der Waals surface area contributed by atoms with E-state index < -0.39 is 0 Å². The molecule has 0 unspecified atom stereocenters. The summed E-state index contributed by atoms with van der Waals surface area (Å²) in [5.41, 5.74) is 0.928. The van der Waals surface area contributed by atoms with Gasteiger partial charge in [-0.25, -0.2) is 4.98 Å². The lowest BCUT2D eigenvalue weighted by molar-refractivity contribution is 0.0929. The maximum atomic E-state index is 11.1. The average Bonchev–Trinajstić information content (AvgIpc) is 2.30. The summed E-state index contributed by atoms with van der Waals surface area (Å²) in [4.78, 5) is 15.0. The summed E-state index contributed by atoms with van der Waals surface area (Å²) >= 11 is 0. The van der Waals surface area contributed by atoms with E-state index in [9.17, 15) is 4.79 Å². The van der Waals surface area contributed by atoms with E-state index in [0.29, 0.717) is 0 Å². The topological polar surface area (TPSA) is 34.9 Å². The Morgan fingerprint density at radius 3 is 2.42 bits per heavy atom. The second kappa shape index (κ2) is 2.73. The Morgan fingerprint density at radius 1 is 1.50 bits per heavy atom. The molecule has 0 bridgehead atoms. The lowest BCUT2D eigenvalue weighted by Gasteiger charge is -2.18. The van der Waals surface area contributed by atoms with Crippen LogP contribution in [-0.4, -0.2) is 15.5 Å². The highest BCUT2D eigenvalue weighted by Crippen LogP contribution is 2.21. The summed E-state index contributed by atoms with van der Waals surface area (Å²) in [7, 11) is 0. The van der Waals surface area contributed by atoms with E-state index in [-0.39, 0.29) is 11.3 Å². The van der Waals surface area contributed by atoms with E-state index in [1.165, 1.54) is 6.92 Å². The highest BCUT2D eigenvalue weighted by atomic mass is 16.1. The fourth-order valence-corrected chi connectivity index (χ4v) is 1.10. The van der Waals surface area contributed by atoms with Gasteiger partial charge in [0.1, 0.15) is 6.33 Å². The number of imidazole rings is 1. The minimum absolute atomic E-state index is 0.0115. The van der Waals surface area contributed by atoms with Gasteiger partial charge in [-0.3, -0.25) is 9.36 Å². The lowest BCUT2D eigenvalue weighted by atomic mass is 9.92. The molecule has 0 saturated carbocycles. The van der Waals surface area contributed by atoms with Crippen molar-refractivity contribution >= 4 is 5.91 Å². The monoisotopic (exact) mass is 166 g/mol. The second-order valence-corrected chi connectivity index (χ2v) is 3.92. The minimum atomic E-state index is -0.0256. The number of carbonyl (C=O) groups excluding carboxylic acids is 1. The van der Waals surface area contributed by atoms with Crippen LogP contribution in [-0.2, 0) is 5.41 Å². The average molecular weight is 166 g/mol. The molecule has 0 spiro atoms. The van der Waals surface area contributed by atoms with Crippen LogP contribution in [0.1, 0.15) is 38.2 Å². The SMILES string of the molecule is CC(=O)n1cncc1C(C)(C)C. The van der Waals surface area contributed by atoms with Crippen molar-refractivity contribution in [3.63, 3.8) is 0 Å². The van der Waals surface area contributed by atoms with Crippen molar-refractivity contribution in [3.8, 4) is 0 Å². The quantitative estimate of drug-likeness (QED) is 0.589. The smallest absolute Gasteiger partial charge is 0.228 e. The Morgan fingerprint density at radius 2 is 2.08 bits per heavy atom. The van der Waals surface area contributed by atoms with Crippen molar-refractivity contribution in [2.75, 3.05) is 0 Å². The highest BCUT2D eigenvalue weighted by molar-refractivity contribution is 5.76. The fraction of sp³-hybridized carbons (Fsp3) is 0.556. The molecule has 0 radical (unpaired) electrons. The predicted molar refractivity (Wildman–Crippen MR) is 47.2 cm³/mol. The number of rotatable bonds is 0. The van der Waals surface area contributed by atoms with E-state index >= 15 is 0 Å². The van der Waals surface area contributed by atoms with Gasteiger partial charge in [0.15, 0.2) is 0 Å². The van der Waals surface area contributed by atoms with Gasteiger partial charge in [-0.2, -0.15) is 0 Å². The predicted octanol–water partition coefficient (Wildman–Crippen LogP) is 1.84. The first-order chi connectivity index (χ1) is 5.43. The van der Waals surface area contributed by atoms with Crippen LogP contribution in [0.2, 0.25) is 0 Å². The first kappa shape index (κ1) is 8.97. The molecule has 0 amide bonds. The Bertz CT molecular complexity index is 294. The van der Waals surface area contributed by atoms with Crippen molar-refractivity contribution in [3.05, 3.63) is 18.2 Å². The van der Waals surface area contributed by atoms with E-state index in [0.717, 1.165) is 5.69 Å². The molecular formula is C9H14N2O. The molecule has 1 heterocycles. The van der Waals surface area contributed by atoms with Gasteiger partial charge in [0.2, 0.25) is 5.91 Å². The van der Waals surface area contributed by atoms with Gasteiger partial charge in [-0.1, -0.05) is 20.8 Å². The number of aromatic nitrogens is 2. The molecule has 0 fully saturated rings. The zero-order valence-corrected chi connectivity index (χ0v) is 7.96. The molecule has 3 nitrogen and oxygen atoms in total. The summed E-state index contributed by atoms with van der Waals surface area (Å²) in [6.45, 7) is 7.72. The molecule has 1 aromatic heterocycles. The summed E-state index contributed by atoms with van der Waals surface area (Å²) < 4.78 is 1.58. The number of carbonyl (C=O) groups is 1. The van der Waals surface area contributed by atoms with Gasteiger partial charge in [0.05, 0.1) is 5.69 Å². The molecule has 12 heavy (non-hydrogen) atoms. The molecule has 0 aliphatic heterocycles. The van der Waals surface area contributed by atoms with Crippen LogP contribution in [0.3, 0.4) is 0 Å². The molecule has 0 aliphatic carbocycles. The van der Waals surface area contributed by atoms with E-state index in [1.54, 1.807) is 17.1 Å². The molecule has 0 saturated heterocycles. The summed E-state index contributed by atoms with van der Waals surface area (Å²) in [6.07, 6.45) is 3.30. The maximum absolute atomic E-state index is 11.1. The minimum Gasteiger partial charge on any atom is -0.274 e. The molecule has 1 aromatic rings. The maximum Gasteiger partial charge on any atom is 0.228 e. The first-order valence-electron chi connectivity index (χ1n) is 3.96. The molecule has 1 rings (SSSR count). The molecule has 66 valence electrons. The molecule has 0 aliphatic rings. The van der Waals surface area contributed by atoms with Crippen molar-refractivity contribution in [1.82, 2.24) is 9.55 Å². The van der Waals surface area contributed by atoms with Crippen molar-refractivity contribution in [2.24, 2.45) is 0 Å². The Hall–Kier alpha value is -1.12. The van der Waals surface area contributed by atoms with Gasteiger partial charge < -0.3 is 0 Å². The summed E-state index contributed by atoms with van der Waals surface area (Å²) in [6, 6.07) is 0. The van der Waals surface area contributed by atoms with Crippen LogP contribution in [0.15, 0.2) is 12.5 Å². The molecule has 0 atom stereocenters. The zero-order valence-electron chi connectivity index (χ0n) is 7.96. The van der Waals surface area contributed by atoms with Crippen LogP contribution >= 0.6 is 0 Å². The third kappa shape index (κ3) is 1.55. The normalized spacial score (nSPS) is 11.7. The zero-order chi connectivity index (χ0) is 9.35. The van der Waals surface area contributed by atoms with Crippen molar-refractivity contribution < 1.29 is 4.79 Å². The van der Waals surface area contributed by atoms with Gasteiger partial charge in [0, 0.05) is 18.5 Å². The molecular weight excluding hydrogens is 152 g/mol. The van der Waals surface area contributed by atoms with Crippen molar-refractivity contribution in [2.45, 2.75) is 33.1 Å².